The van der Waals surface area contributed by atoms with Crippen molar-refractivity contribution in [3.63, 3.8) is 0 Å². The molecule has 0 heterocycles. The molecule has 0 saturated heterocycles. The van der Waals surface area contributed by atoms with E-state index in [1.165, 1.54) is 17.4 Å². The van der Waals surface area contributed by atoms with E-state index in [9.17, 15) is 8.42 Å². The highest BCUT2D eigenvalue weighted by Crippen LogP contribution is 2.14. The summed E-state index contributed by atoms with van der Waals surface area (Å²) in [6.45, 7) is 7.73. The van der Waals surface area contributed by atoms with Gasteiger partial charge in [0.15, 0.2) is 15.8 Å². The van der Waals surface area contributed by atoms with E-state index in [2.05, 4.69) is 53.7 Å². The molecular formula is C22H31N3O2S. The Bertz CT molecular complexity index is 873. The van der Waals surface area contributed by atoms with E-state index in [4.69, 9.17) is 0 Å². The first-order chi connectivity index (χ1) is 13.3. The zero-order valence-corrected chi connectivity index (χ0v) is 18.0. The Hall–Kier alpha value is -2.34. The topological polar surface area (TPSA) is 70.6 Å². The van der Waals surface area contributed by atoms with Gasteiger partial charge in [0.2, 0.25) is 0 Å². The predicted octanol–water partition coefficient (Wildman–Crippen LogP) is 3.51. The molecule has 0 spiro atoms. The molecule has 28 heavy (non-hydrogen) atoms. The molecule has 2 N–H and O–H groups in total. The summed E-state index contributed by atoms with van der Waals surface area (Å²) >= 11 is 0. The number of aliphatic imine (C=N–C) groups is 1. The van der Waals surface area contributed by atoms with Crippen LogP contribution in [0.5, 0.6) is 0 Å². The van der Waals surface area contributed by atoms with E-state index in [1.807, 2.05) is 19.1 Å². The number of hydrogen-bond acceptors (Lipinski definition) is 3. The maximum atomic E-state index is 11.5. The molecule has 0 bridgehead atoms. The minimum Gasteiger partial charge on any atom is -0.357 e. The third kappa shape index (κ3) is 6.68. The molecule has 0 aliphatic rings. The monoisotopic (exact) mass is 401 g/mol. The summed E-state index contributed by atoms with van der Waals surface area (Å²) < 4.78 is 23.1. The molecule has 0 amide bonds. The van der Waals surface area contributed by atoms with Crippen molar-refractivity contribution in [1.29, 1.82) is 0 Å². The molecular weight excluding hydrogens is 370 g/mol. The molecule has 5 nitrogen and oxygen atoms in total. The van der Waals surface area contributed by atoms with Gasteiger partial charge in [-0.15, -0.1) is 0 Å². The lowest BCUT2D eigenvalue weighted by atomic mass is 10.1. The van der Waals surface area contributed by atoms with Gasteiger partial charge in [0.1, 0.15) is 0 Å². The van der Waals surface area contributed by atoms with Crippen LogP contribution < -0.4 is 10.6 Å². The number of rotatable bonds is 8. The van der Waals surface area contributed by atoms with Gasteiger partial charge in [-0.3, -0.25) is 4.99 Å². The maximum Gasteiger partial charge on any atom is 0.191 e. The van der Waals surface area contributed by atoms with Gasteiger partial charge in [0.05, 0.1) is 10.9 Å². The molecule has 2 rings (SSSR count). The maximum absolute atomic E-state index is 11.5. The first-order valence-corrected chi connectivity index (χ1v) is 11.6. The van der Waals surface area contributed by atoms with Crippen molar-refractivity contribution in [2.24, 2.45) is 4.99 Å². The standard InChI is InChI=1S/C22H31N3O2S/c1-5-18-7-11-20(12-8-18)17(3)25-22(23-6-2)24-16-15-19-9-13-21(14-10-19)28(4,26)27/h7-14,17H,5-6,15-16H2,1-4H3,(H2,23,24,25). The molecule has 2 aromatic rings. The van der Waals surface area contributed by atoms with Crippen LogP contribution in [-0.2, 0) is 22.7 Å². The minimum absolute atomic E-state index is 0.151. The third-order valence-electron chi connectivity index (χ3n) is 4.61. The Morgan fingerprint density at radius 2 is 1.61 bits per heavy atom. The Morgan fingerprint density at radius 1 is 1.00 bits per heavy atom. The van der Waals surface area contributed by atoms with Gasteiger partial charge in [0.25, 0.3) is 0 Å². The normalized spacial score (nSPS) is 13.2. The highest BCUT2D eigenvalue weighted by Gasteiger charge is 2.08. The molecule has 0 aliphatic carbocycles. The summed E-state index contributed by atoms with van der Waals surface area (Å²) in [6, 6.07) is 15.8. The molecule has 0 radical (unpaired) electrons. The second-order valence-corrected chi connectivity index (χ2v) is 8.90. The summed E-state index contributed by atoms with van der Waals surface area (Å²) in [4.78, 5) is 5.00. The van der Waals surface area contributed by atoms with Crippen molar-refractivity contribution in [1.82, 2.24) is 10.6 Å². The second kappa shape index (κ2) is 10.3. The zero-order chi connectivity index (χ0) is 20.6. The fraction of sp³-hybridized carbons (Fsp3) is 0.409. The summed E-state index contributed by atoms with van der Waals surface area (Å²) in [6.07, 6.45) is 3.01. The van der Waals surface area contributed by atoms with Crippen LogP contribution in [0.4, 0.5) is 0 Å². The summed E-state index contributed by atoms with van der Waals surface area (Å²) in [5.74, 6) is 0.780. The highest BCUT2D eigenvalue weighted by molar-refractivity contribution is 7.90. The van der Waals surface area contributed by atoms with Crippen molar-refractivity contribution < 1.29 is 8.42 Å². The lowest BCUT2D eigenvalue weighted by Crippen LogP contribution is -2.38. The Labute approximate surface area is 169 Å². The number of aryl methyl sites for hydroxylation is 1. The number of hydrogen-bond donors (Lipinski definition) is 2. The molecule has 6 heteroatoms. The molecule has 0 aromatic heterocycles. The van der Waals surface area contributed by atoms with Crippen LogP contribution in [0.2, 0.25) is 0 Å². The van der Waals surface area contributed by atoms with Crippen molar-refractivity contribution in [3.05, 3.63) is 65.2 Å². The molecule has 0 saturated carbocycles. The number of sulfone groups is 1. The molecule has 0 aliphatic heterocycles. The fourth-order valence-electron chi connectivity index (χ4n) is 2.85. The smallest absolute Gasteiger partial charge is 0.191 e. The first kappa shape index (κ1) is 22.0. The molecule has 2 aromatic carbocycles. The number of guanidine groups is 1. The molecule has 1 atom stereocenters. The third-order valence-corrected chi connectivity index (χ3v) is 5.74. The minimum atomic E-state index is -3.15. The van der Waals surface area contributed by atoms with Crippen LogP contribution in [0.1, 0.15) is 43.5 Å². The van der Waals surface area contributed by atoms with Crippen LogP contribution in [0, 0.1) is 0 Å². The Balaban J connectivity index is 1.97. The molecule has 1 unspecified atom stereocenters. The van der Waals surface area contributed by atoms with Crippen LogP contribution in [-0.4, -0.2) is 33.7 Å². The van der Waals surface area contributed by atoms with Gasteiger partial charge in [-0.1, -0.05) is 43.3 Å². The van der Waals surface area contributed by atoms with Crippen molar-refractivity contribution in [2.75, 3.05) is 19.3 Å². The van der Waals surface area contributed by atoms with E-state index in [1.54, 1.807) is 12.1 Å². The van der Waals surface area contributed by atoms with E-state index >= 15 is 0 Å². The lowest BCUT2D eigenvalue weighted by Gasteiger charge is -2.18. The predicted molar refractivity (Wildman–Crippen MR) is 117 cm³/mol. The van der Waals surface area contributed by atoms with Crippen LogP contribution >= 0.6 is 0 Å². The van der Waals surface area contributed by atoms with Crippen LogP contribution in [0.25, 0.3) is 0 Å². The first-order valence-electron chi connectivity index (χ1n) is 9.76. The number of nitrogens with one attached hydrogen (secondary N) is 2. The van der Waals surface area contributed by atoms with E-state index in [0.29, 0.717) is 11.4 Å². The average molecular weight is 402 g/mol. The highest BCUT2D eigenvalue weighted by atomic mass is 32.2. The van der Waals surface area contributed by atoms with E-state index < -0.39 is 9.84 Å². The lowest BCUT2D eigenvalue weighted by molar-refractivity contribution is 0.602. The zero-order valence-electron chi connectivity index (χ0n) is 17.2. The summed E-state index contributed by atoms with van der Waals surface area (Å²) in [5.41, 5.74) is 3.62. The van der Waals surface area contributed by atoms with Crippen LogP contribution in [0.15, 0.2) is 58.4 Å². The van der Waals surface area contributed by atoms with Crippen molar-refractivity contribution >= 4 is 15.8 Å². The van der Waals surface area contributed by atoms with Gasteiger partial charge >= 0.3 is 0 Å². The Morgan fingerprint density at radius 3 is 2.14 bits per heavy atom. The quantitative estimate of drug-likeness (QED) is 0.525. The van der Waals surface area contributed by atoms with Crippen LogP contribution in [0.3, 0.4) is 0 Å². The Kier molecular flexibility index (Phi) is 8.05. The number of nitrogens with zero attached hydrogens (tertiary/aromatic N) is 1. The molecule has 0 fully saturated rings. The summed E-state index contributed by atoms with van der Waals surface area (Å²) in [7, 11) is -3.15. The van der Waals surface area contributed by atoms with E-state index in [-0.39, 0.29) is 6.04 Å². The van der Waals surface area contributed by atoms with Gasteiger partial charge < -0.3 is 10.6 Å². The van der Waals surface area contributed by atoms with Crippen molar-refractivity contribution in [3.8, 4) is 0 Å². The fourth-order valence-corrected chi connectivity index (χ4v) is 3.48. The van der Waals surface area contributed by atoms with Gasteiger partial charge in [0, 0.05) is 19.3 Å². The van der Waals surface area contributed by atoms with Gasteiger partial charge in [-0.2, -0.15) is 0 Å². The second-order valence-electron chi connectivity index (χ2n) is 6.89. The van der Waals surface area contributed by atoms with Gasteiger partial charge in [-0.25, -0.2) is 8.42 Å². The molecule has 152 valence electrons. The SMILES string of the molecule is CCNC(=NCCc1ccc(S(C)(=O)=O)cc1)NC(C)c1ccc(CC)cc1. The van der Waals surface area contributed by atoms with E-state index in [0.717, 1.165) is 30.9 Å². The number of benzene rings is 2. The summed E-state index contributed by atoms with van der Waals surface area (Å²) in [5, 5.41) is 6.73. The average Bonchev–Trinajstić information content (AvgIpc) is 2.68. The van der Waals surface area contributed by atoms with Gasteiger partial charge in [-0.05, 0) is 55.5 Å². The van der Waals surface area contributed by atoms with Crippen molar-refractivity contribution in [2.45, 2.75) is 44.6 Å². The largest absolute Gasteiger partial charge is 0.357 e.